The largest absolute Gasteiger partial charge is 0.324 e. The zero-order valence-electron chi connectivity index (χ0n) is 43.2. The van der Waals surface area contributed by atoms with Crippen LogP contribution in [0.3, 0.4) is 0 Å². The number of nitrogens with one attached hydrogen (secondary N) is 2. The van der Waals surface area contributed by atoms with Crippen LogP contribution in [-0.4, -0.2) is 39.9 Å². The van der Waals surface area contributed by atoms with Crippen molar-refractivity contribution in [3.05, 3.63) is 144 Å². The van der Waals surface area contributed by atoms with Crippen LogP contribution in [0.4, 0.5) is 0 Å². The lowest BCUT2D eigenvalue weighted by Crippen LogP contribution is -2.10. The number of aromatic nitrogens is 8. The van der Waals surface area contributed by atoms with Gasteiger partial charge in [-0.05, 0) is 136 Å². The number of hydrogen-bond acceptors (Lipinski definition) is 6. The van der Waals surface area contributed by atoms with E-state index in [-0.39, 0.29) is 21.7 Å². The Balaban J connectivity index is 1.19. The Morgan fingerprint density at radius 3 is 0.736 bits per heavy atom. The third-order valence-corrected chi connectivity index (χ3v) is 15.1. The lowest BCUT2D eigenvalue weighted by atomic mass is 9.85. The number of aromatic amines is 2. The van der Waals surface area contributed by atoms with Crippen molar-refractivity contribution in [2.75, 3.05) is 0 Å². The van der Waals surface area contributed by atoms with Gasteiger partial charge in [0.1, 0.15) is 22.6 Å². The molecular weight excluding hydrogens is 881 g/mol. The van der Waals surface area contributed by atoms with Gasteiger partial charge in [0.2, 0.25) is 0 Å². The molecular formula is C64H58N8. The fourth-order valence-corrected chi connectivity index (χ4v) is 10.6. The highest BCUT2D eigenvalue weighted by Gasteiger charge is 2.26. The average molecular weight is 939 g/mol. The van der Waals surface area contributed by atoms with Crippen LogP contribution in [0.1, 0.15) is 105 Å². The van der Waals surface area contributed by atoms with E-state index < -0.39 is 0 Å². The van der Waals surface area contributed by atoms with Crippen molar-refractivity contribution in [3.63, 3.8) is 0 Å². The van der Waals surface area contributed by atoms with Gasteiger partial charge in [-0.1, -0.05) is 156 Å². The van der Waals surface area contributed by atoms with Gasteiger partial charge in [-0.15, -0.1) is 0 Å². The minimum Gasteiger partial charge on any atom is -0.324 e. The zero-order chi connectivity index (χ0) is 50.0. The molecule has 11 aromatic rings. The van der Waals surface area contributed by atoms with E-state index in [0.29, 0.717) is 45.9 Å². The Bertz CT molecular complexity index is 4370. The first-order valence-electron chi connectivity index (χ1n) is 25.3. The van der Waals surface area contributed by atoms with Gasteiger partial charge in [-0.25, -0.2) is 29.9 Å². The maximum absolute atomic E-state index is 5.51. The van der Waals surface area contributed by atoms with Gasteiger partial charge in [0.15, 0.2) is 23.3 Å². The fourth-order valence-electron chi connectivity index (χ4n) is 10.6. The van der Waals surface area contributed by atoms with E-state index in [1.807, 2.05) is 0 Å². The van der Waals surface area contributed by atoms with Crippen LogP contribution in [0.5, 0.6) is 0 Å². The van der Waals surface area contributed by atoms with Gasteiger partial charge >= 0.3 is 0 Å². The number of H-pyrrole nitrogens is 2. The Kier molecular flexibility index (Phi) is 9.11. The predicted molar refractivity (Wildman–Crippen MR) is 301 cm³/mol. The summed E-state index contributed by atoms with van der Waals surface area (Å²) in [7, 11) is 0. The molecule has 13 rings (SSSR count). The van der Waals surface area contributed by atoms with Crippen molar-refractivity contribution in [2.45, 2.75) is 105 Å². The standard InChI is InChI=1S/C64H58N8/c1-61(2,3)41-17-13-33-25-45-49(29-37(33)21-41)57-66-53(45)65-54-46-26-34-14-18-43(63(7,8)9)23-39(34)31-51(46)59(67-54)72-60-52-32-40-24-44(64(10,11)12)20-16-36(40)28-48(52)56(71-60)70-58-50-30-38-22-42(62(4,5)6)19-15-35(38)27-47(50)55(68-57)69-58/h13-32H,1-12H3,(H2,65,66,67,68,69,70,71,72). The highest BCUT2D eigenvalue weighted by Crippen LogP contribution is 2.43. The predicted octanol–water partition coefficient (Wildman–Crippen LogP) is 16.7. The molecule has 0 radical (unpaired) electrons. The molecule has 0 atom stereocenters. The summed E-state index contributed by atoms with van der Waals surface area (Å²) >= 11 is 0. The summed E-state index contributed by atoms with van der Waals surface area (Å²) in [5.74, 6) is 2.32. The maximum atomic E-state index is 5.51. The van der Waals surface area contributed by atoms with Gasteiger partial charge in [0.25, 0.3) is 0 Å². The molecule has 72 heavy (non-hydrogen) atoms. The third-order valence-electron chi connectivity index (χ3n) is 15.1. The van der Waals surface area contributed by atoms with E-state index in [0.717, 1.165) is 86.9 Å². The molecule has 0 amide bonds. The number of hydrogen-bond donors (Lipinski definition) is 2. The first kappa shape index (κ1) is 44.1. The van der Waals surface area contributed by atoms with E-state index in [1.54, 1.807) is 0 Å². The summed E-state index contributed by atoms with van der Waals surface area (Å²) in [6, 6.07) is 45.0. The quantitative estimate of drug-likeness (QED) is 0.157. The van der Waals surface area contributed by atoms with Crippen molar-refractivity contribution < 1.29 is 0 Å². The molecule has 2 N–H and O–H groups in total. The summed E-state index contributed by atoms with van der Waals surface area (Å²) in [6.07, 6.45) is 0. The second-order valence-corrected chi connectivity index (χ2v) is 24.4. The highest BCUT2D eigenvalue weighted by molar-refractivity contribution is 6.13. The molecule has 0 fully saturated rings. The van der Waals surface area contributed by atoms with E-state index in [4.69, 9.17) is 29.9 Å². The Hall–Kier alpha value is -7.84. The van der Waals surface area contributed by atoms with Crippen LogP contribution in [0, 0.1) is 0 Å². The van der Waals surface area contributed by atoms with Crippen molar-refractivity contribution >= 4 is 87.2 Å². The van der Waals surface area contributed by atoms with Crippen molar-refractivity contribution in [3.8, 4) is 45.6 Å². The zero-order valence-corrected chi connectivity index (χ0v) is 43.2. The van der Waals surface area contributed by atoms with Crippen LogP contribution in [-0.2, 0) is 21.7 Å². The molecule has 354 valence electrons. The van der Waals surface area contributed by atoms with Crippen molar-refractivity contribution in [2.24, 2.45) is 0 Å². The summed E-state index contributed by atoms with van der Waals surface area (Å²) in [5.41, 5.74) is 11.3. The topological polar surface area (TPSA) is 109 Å². The molecule has 5 heterocycles. The Morgan fingerprint density at radius 1 is 0.250 bits per heavy atom. The summed E-state index contributed by atoms with van der Waals surface area (Å²) in [4.78, 5) is 40.2. The third kappa shape index (κ3) is 7.16. The molecule has 0 saturated heterocycles. The van der Waals surface area contributed by atoms with Crippen LogP contribution < -0.4 is 0 Å². The fraction of sp³-hybridized carbons (Fsp3) is 0.250. The van der Waals surface area contributed by atoms with Crippen LogP contribution >= 0.6 is 0 Å². The van der Waals surface area contributed by atoms with E-state index in [1.165, 1.54) is 22.3 Å². The highest BCUT2D eigenvalue weighted by atomic mass is 15.1. The van der Waals surface area contributed by atoms with Gasteiger partial charge in [-0.2, -0.15) is 0 Å². The van der Waals surface area contributed by atoms with E-state index in [9.17, 15) is 0 Å². The maximum Gasteiger partial charge on any atom is 0.164 e. The van der Waals surface area contributed by atoms with Crippen molar-refractivity contribution in [1.29, 1.82) is 0 Å². The van der Waals surface area contributed by atoms with Gasteiger partial charge in [-0.3, -0.25) is 0 Å². The van der Waals surface area contributed by atoms with Gasteiger partial charge < -0.3 is 9.97 Å². The number of benzene rings is 8. The lowest BCUT2D eigenvalue weighted by Gasteiger charge is -2.19. The summed E-state index contributed by atoms with van der Waals surface area (Å²) in [5, 5.41) is 12.8. The van der Waals surface area contributed by atoms with Crippen LogP contribution in [0.2, 0.25) is 0 Å². The molecule has 0 saturated carbocycles. The molecule has 0 unspecified atom stereocenters. The minimum atomic E-state index is -0.0236. The Morgan fingerprint density at radius 2 is 0.472 bits per heavy atom. The molecule has 0 spiro atoms. The molecule has 8 nitrogen and oxygen atoms in total. The van der Waals surface area contributed by atoms with E-state index >= 15 is 0 Å². The smallest absolute Gasteiger partial charge is 0.164 e. The molecule has 2 aliphatic heterocycles. The van der Waals surface area contributed by atoms with Crippen LogP contribution in [0.15, 0.2) is 121 Å². The SMILES string of the molecule is CC(C)(C)c1ccc2cc3c(cc2c1)-c1nc-3nc2[nH]c(nc3nc(nc4[nH]c(n1)c1cc5ccc(C(C)(C)C)cc5cc41)-c1cc4ccc(C(C)(C)C)cc4cc1-3)c1cc3cc(C(C)(C)C)ccc3cc21. The second kappa shape index (κ2) is 14.9. The van der Waals surface area contributed by atoms with Crippen LogP contribution in [0.25, 0.3) is 133 Å². The first-order chi connectivity index (χ1) is 34.1. The molecule has 8 heteroatoms. The molecule has 2 aliphatic rings. The summed E-state index contributed by atoms with van der Waals surface area (Å²) < 4.78 is 0. The average Bonchev–Trinajstić information content (AvgIpc) is 4.04. The van der Waals surface area contributed by atoms with Gasteiger partial charge in [0.05, 0.1) is 0 Å². The normalized spacial score (nSPS) is 13.3. The summed E-state index contributed by atoms with van der Waals surface area (Å²) in [6.45, 7) is 27.1. The molecule has 0 aliphatic carbocycles. The molecule has 8 bridgehead atoms. The number of nitrogens with zero attached hydrogens (tertiary/aromatic N) is 6. The first-order valence-corrected chi connectivity index (χ1v) is 25.3. The van der Waals surface area contributed by atoms with Crippen molar-refractivity contribution in [1.82, 2.24) is 39.9 Å². The minimum absolute atomic E-state index is 0.0220. The number of rotatable bonds is 0. The second-order valence-electron chi connectivity index (χ2n) is 24.4. The monoisotopic (exact) mass is 938 g/mol. The van der Waals surface area contributed by atoms with Gasteiger partial charge in [0, 0.05) is 43.8 Å². The van der Waals surface area contributed by atoms with E-state index in [2.05, 4.69) is 214 Å². The lowest BCUT2D eigenvalue weighted by molar-refractivity contribution is 0.591. The molecule has 8 aromatic carbocycles. The molecule has 3 aromatic heterocycles. The Labute approximate surface area is 419 Å². The number of fused-ring (bicyclic) bond motifs is 24.